The van der Waals surface area contributed by atoms with E-state index in [9.17, 15) is 8.78 Å². The summed E-state index contributed by atoms with van der Waals surface area (Å²) in [6, 6.07) is 6.25. The molecule has 0 spiro atoms. The highest BCUT2D eigenvalue weighted by Crippen LogP contribution is 2.39. The molecule has 1 aromatic rings. The van der Waals surface area contributed by atoms with E-state index in [0.717, 1.165) is 25.7 Å². The van der Waals surface area contributed by atoms with Crippen LogP contribution in [0, 0.1) is 11.8 Å². The lowest BCUT2D eigenvalue weighted by atomic mass is 9.79. The van der Waals surface area contributed by atoms with Gasteiger partial charge in [0.25, 0.3) is 0 Å². The van der Waals surface area contributed by atoms with Crippen LogP contribution < -0.4 is 0 Å². The van der Waals surface area contributed by atoms with Gasteiger partial charge in [0.1, 0.15) is 5.83 Å². The minimum Gasteiger partial charge on any atom is -0.208 e. The van der Waals surface area contributed by atoms with Crippen LogP contribution in [0.1, 0.15) is 63.9 Å². The molecule has 0 aromatic heterocycles. The highest BCUT2D eigenvalue weighted by molar-refractivity contribution is 6.30. The normalized spacial score (nSPS) is 23.3. The molecule has 3 heteroatoms. The molecule has 0 aliphatic heterocycles. The molecule has 22 heavy (non-hydrogen) atoms. The Morgan fingerprint density at radius 3 is 2.27 bits per heavy atom. The molecular formula is C19H25ClF2. The average molecular weight is 327 g/mol. The van der Waals surface area contributed by atoms with E-state index in [0.29, 0.717) is 10.9 Å². The van der Waals surface area contributed by atoms with E-state index >= 15 is 0 Å². The van der Waals surface area contributed by atoms with E-state index in [1.54, 1.807) is 12.1 Å². The molecule has 0 N–H and O–H groups in total. The van der Waals surface area contributed by atoms with Crippen molar-refractivity contribution in [3.05, 3.63) is 40.7 Å². The Hall–Kier alpha value is -0.890. The number of unbranched alkanes of at least 4 members (excludes halogenated alkanes) is 2. The summed E-state index contributed by atoms with van der Waals surface area (Å²) in [4.78, 5) is 0. The molecule has 1 aliphatic rings. The lowest BCUT2D eigenvalue weighted by Crippen LogP contribution is -2.15. The fraction of sp³-hybridized carbons (Fsp3) is 0.579. The zero-order valence-corrected chi connectivity index (χ0v) is 14.0. The topological polar surface area (TPSA) is 0 Å². The van der Waals surface area contributed by atoms with Crippen molar-refractivity contribution in [2.75, 3.05) is 0 Å². The lowest BCUT2D eigenvalue weighted by molar-refractivity contribution is 0.258. The Labute approximate surface area is 137 Å². The van der Waals surface area contributed by atoms with Crippen LogP contribution in [0.3, 0.4) is 0 Å². The van der Waals surface area contributed by atoms with E-state index in [2.05, 4.69) is 6.92 Å². The largest absolute Gasteiger partial charge is 0.208 e. The predicted molar refractivity (Wildman–Crippen MR) is 90.2 cm³/mol. The quantitative estimate of drug-likeness (QED) is 0.480. The van der Waals surface area contributed by atoms with Gasteiger partial charge in [0, 0.05) is 16.5 Å². The van der Waals surface area contributed by atoms with Crippen LogP contribution in [0.25, 0.3) is 5.83 Å². The Morgan fingerprint density at radius 1 is 1.05 bits per heavy atom. The van der Waals surface area contributed by atoms with E-state index in [1.807, 2.05) is 0 Å². The number of rotatable bonds is 6. The van der Waals surface area contributed by atoms with Crippen LogP contribution >= 0.6 is 11.6 Å². The number of benzene rings is 1. The summed E-state index contributed by atoms with van der Waals surface area (Å²) in [5, 5.41) is 0.532. The summed E-state index contributed by atoms with van der Waals surface area (Å²) in [6.45, 7) is 2.20. The van der Waals surface area contributed by atoms with Gasteiger partial charge in [0.15, 0.2) is 5.83 Å². The van der Waals surface area contributed by atoms with Crippen LogP contribution in [-0.4, -0.2) is 0 Å². The molecule has 0 atom stereocenters. The van der Waals surface area contributed by atoms with Gasteiger partial charge in [-0.25, -0.2) is 8.78 Å². The first-order chi connectivity index (χ1) is 10.6. The molecular weight excluding hydrogens is 302 g/mol. The molecule has 0 radical (unpaired) electrons. The number of allylic oxidation sites excluding steroid dienone is 1. The summed E-state index contributed by atoms with van der Waals surface area (Å²) in [6.07, 6.45) is 8.60. The predicted octanol–water partition coefficient (Wildman–Crippen LogP) is 7.33. The van der Waals surface area contributed by atoms with Crippen molar-refractivity contribution >= 4 is 17.4 Å². The molecule has 2 rings (SSSR count). The number of hydrogen-bond donors (Lipinski definition) is 0. The van der Waals surface area contributed by atoms with E-state index < -0.39 is 11.7 Å². The van der Waals surface area contributed by atoms with Gasteiger partial charge < -0.3 is 0 Å². The van der Waals surface area contributed by atoms with Crippen LogP contribution in [0.4, 0.5) is 8.78 Å². The van der Waals surface area contributed by atoms with E-state index in [1.165, 1.54) is 37.8 Å². The second-order valence-corrected chi connectivity index (χ2v) is 6.82. The standard InChI is InChI=1S/C19H25ClF2/c1-2-3-4-5-14-6-8-15(9-7-14)18(21)19(22)16-10-12-17(20)13-11-16/h10-15H,2-9H2,1H3/b19-18+. The van der Waals surface area contributed by atoms with Crippen LogP contribution in [0.15, 0.2) is 30.1 Å². The molecule has 1 fully saturated rings. The van der Waals surface area contributed by atoms with Crippen molar-refractivity contribution in [1.82, 2.24) is 0 Å². The van der Waals surface area contributed by atoms with Gasteiger partial charge in [0.05, 0.1) is 0 Å². The molecule has 1 aromatic carbocycles. The third-order valence-corrected chi connectivity index (χ3v) is 4.98. The first-order valence-electron chi connectivity index (χ1n) is 8.43. The molecule has 0 bridgehead atoms. The monoisotopic (exact) mass is 326 g/mol. The van der Waals surface area contributed by atoms with Gasteiger partial charge in [-0.05, 0) is 43.7 Å². The zero-order valence-electron chi connectivity index (χ0n) is 13.3. The SMILES string of the molecule is CCCCCC1CCC(/C(F)=C(\F)c2ccc(Cl)cc2)CC1. The van der Waals surface area contributed by atoms with Crippen molar-refractivity contribution in [2.24, 2.45) is 11.8 Å². The summed E-state index contributed by atoms with van der Waals surface area (Å²) in [5.74, 6) is -0.840. The highest BCUT2D eigenvalue weighted by Gasteiger charge is 2.26. The van der Waals surface area contributed by atoms with Crippen molar-refractivity contribution < 1.29 is 8.78 Å². The van der Waals surface area contributed by atoms with Crippen LogP contribution in [0.5, 0.6) is 0 Å². The minimum absolute atomic E-state index is 0.252. The highest BCUT2D eigenvalue weighted by atomic mass is 35.5. The molecule has 0 unspecified atom stereocenters. The van der Waals surface area contributed by atoms with Gasteiger partial charge in [0.2, 0.25) is 0 Å². The van der Waals surface area contributed by atoms with Crippen molar-refractivity contribution in [3.63, 3.8) is 0 Å². The average Bonchev–Trinajstić information content (AvgIpc) is 2.55. The molecule has 0 nitrogen and oxygen atoms in total. The third kappa shape index (κ3) is 4.81. The van der Waals surface area contributed by atoms with Gasteiger partial charge in [-0.15, -0.1) is 0 Å². The van der Waals surface area contributed by atoms with Crippen LogP contribution in [0.2, 0.25) is 5.02 Å². The number of halogens is 3. The van der Waals surface area contributed by atoms with Crippen molar-refractivity contribution in [1.29, 1.82) is 0 Å². The van der Waals surface area contributed by atoms with E-state index in [-0.39, 0.29) is 11.5 Å². The first-order valence-corrected chi connectivity index (χ1v) is 8.80. The second kappa shape index (κ2) is 8.67. The van der Waals surface area contributed by atoms with Gasteiger partial charge in [-0.2, -0.15) is 0 Å². The Balaban J connectivity index is 1.92. The molecule has 1 saturated carbocycles. The third-order valence-electron chi connectivity index (χ3n) is 4.73. The molecule has 122 valence electrons. The van der Waals surface area contributed by atoms with Gasteiger partial charge in [-0.1, -0.05) is 56.3 Å². The molecule has 0 heterocycles. The summed E-state index contributed by atoms with van der Waals surface area (Å²) >= 11 is 5.78. The maximum Gasteiger partial charge on any atom is 0.162 e. The summed E-state index contributed by atoms with van der Waals surface area (Å²) in [5.41, 5.74) is 0.284. The van der Waals surface area contributed by atoms with Crippen molar-refractivity contribution in [3.8, 4) is 0 Å². The summed E-state index contributed by atoms with van der Waals surface area (Å²) < 4.78 is 28.6. The fourth-order valence-electron chi connectivity index (χ4n) is 3.30. The molecule has 1 aliphatic carbocycles. The molecule has 0 saturated heterocycles. The lowest BCUT2D eigenvalue weighted by Gasteiger charge is -2.27. The maximum atomic E-state index is 14.4. The maximum absolute atomic E-state index is 14.4. The van der Waals surface area contributed by atoms with Gasteiger partial charge in [-0.3, -0.25) is 0 Å². The van der Waals surface area contributed by atoms with E-state index in [4.69, 9.17) is 11.6 Å². The Bertz CT molecular complexity index is 485. The Morgan fingerprint density at radius 2 is 1.68 bits per heavy atom. The van der Waals surface area contributed by atoms with Gasteiger partial charge >= 0.3 is 0 Å². The van der Waals surface area contributed by atoms with Crippen LogP contribution in [-0.2, 0) is 0 Å². The Kier molecular flexibility index (Phi) is 6.88. The summed E-state index contributed by atoms with van der Waals surface area (Å²) in [7, 11) is 0. The first kappa shape index (κ1) is 17.5. The minimum atomic E-state index is -0.717. The smallest absolute Gasteiger partial charge is 0.162 e. The van der Waals surface area contributed by atoms with Crippen molar-refractivity contribution in [2.45, 2.75) is 58.3 Å². The second-order valence-electron chi connectivity index (χ2n) is 6.38. The fourth-order valence-corrected chi connectivity index (χ4v) is 3.43. The zero-order chi connectivity index (χ0) is 15.9. The molecule has 0 amide bonds. The number of hydrogen-bond acceptors (Lipinski definition) is 0.